The number of nitrogens with one attached hydrogen (secondary N) is 1. The number of para-hydroxylation sites is 2. The van der Waals surface area contributed by atoms with Crippen molar-refractivity contribution in [3.8, 4) is 5.75 Å². The van der Waals surface area contributed by atoms with Gasteiger partial charge in [-0.25, -0.2) is 8.42 Å². The summed E-state index contributed by atoms with van der Waals surface area (Å²) < 4.78 is 36.4. The van der Waals surface area contributed by atoms with Crippen LogP contribution in [-0.4, -0.2) is 86.0 Å². The zero-order valence-corrected chi connectivity index (χ0v) is 41.0. The smallest absolute Gasteiger partial charge is 0.150 e. The fourth-order valence-corrected chi connectivity index (χ4v) is 6.77. The molecule has 0 saturated heterocycles. The summed E-state index contributed by atoms with van der Waals surface area (Å²) in [7, 11) is 10.6. The first kappa shape index (κ1) is 55.2. The van der Waals surface area contributed by atoms with Crippen molar-refractivity contribution >= 4 is 43.4 Å². The summed E-state index contributed by atoms with van der Waals surface area (Å²) in [6.45, 7) is 13.1. The fraction of sp³-hybridized carbons (Fsp3) is 0.400. The second-order valence-electron chi connectivity index (χ2n) is 15.1. The van der Waals surface area contributed by atoms with Gasteiger partial charge in [0.2, 0.25) is 0 Å². The highest BCUT2D eigenvalue weighted by Gasteiger charge is 2.05. The molecule has 0 aliphatic carbocycles. The van der Waals surface area contributed by atoms with Crippen LogP contribution in [0.4, 0.5) is 22.7 Å². The van der Waals surface area contributed by atoms with Gasteiger partial charge in [0.25, 0.3) is 0 Å². The Morgan fingerprint density at radius 2 is 1.08 bits per heavy atom. The van der Waals surface area contributed by atoms with Crippen LogP contribution in [0.3, 0.4) is 0 Å². The Balaban J connectivity index is 0.000000717. The fourth-order valence-electron chi connectivity index (χ4n) is 5.32. The van der Waals surface area contributed by atoms with Gasteiger partial charge in [0.1, 0.15) is 15.6 Å². The Morgan fingerprint density at radius 3 is 1.53 bits per heavy atom. The van der Waals surface area contributed by atoms with Crippen LogP contribution in [0, 0.1) is 27.7 Å². The summed E-state index contributed by atoms with van der Waals surface area (Å²) >= 11 is 0. The first-order valence-corrected chi connectivity index (χ1v) is 24.1. The Kier molecular flexibility index (Phi) is 28.6. The molecule has 0 bridgehead atoms. The van der Waals surface area contributed by atoms with Gasteiger partial charge in [-0.2, -0.15) is 0 Å². The second kappa shape index (κ2) is 31.1. The van der Waals surface area contributed by atoms with Crippen LogP contribution in [0.1, 0.15) is 54.5 Å². The van der Waals surface area contributed by atoms with Gasteiger partial charge in [-0.3, -0.25) is 4.21 Å². The molecule has 1 N–H and O–H groups in total. The topological polar surface area (TPSA) is 82.2 Å². The van der Waals surface area contributed by atoms with Crippen molar-refractivity contribution in [1.29, 1.82) is 0 Å². The molecule has 60 heavy (non-hydrogen) atoms. The maximum Gasteiger partial charge on any atom is 0.150 e. The summed E-state index contributed by atoms with van der Waals surface area (Å²) in [6, 6.07) is 41.8. The standard InChI is InChI=1S/C14H15N.C10H15N.C9H13NO.C9H13N.C6H14O2S.C2H6OS/c1-12-6-5-9-14(10-12)15-11-13-7-3-2-4-8-13;1-8-5-6-9(2)10(7-8)11(3)4;1-10(2)8-6-4-5-7-9(8)11-3;1-8-4-6-9(7-5-8)10(2)3;1-3-5-9(7,8)6-4-2;1-4(2)3/h2-10,15H,11H2,1H3;5-7H,1-4H3;4-7H,1-3H3;4-7H,1-3H3;3-6H2,1-2H3;1-2H3. The molecule has 0 fully saturated rings. The van der Waals surface area contributed by atoms with Crippen molar-refractivity contribution in [3.63, 3.8) is 0 Å². The monoisotopic (exact) mass is 861 g/mol. The third-order valence-corrected chi connectivity index (χ3v) is 10.4. The Bertz CT molecular complexity index is 1990. The summed E-state index contributed by atoms with van der Waals surface area (Å²) in [5.74, 6) is 1.61. The van der Waals surface area contributed by atoms with Crippen molar-refractivity contribution < 1.29 is 17.4 Å². The normalized spacial score (nSPS) is 9.93. The molecule has 332 valence electrons. The lowest BCUT2D eigenvalue weighted by molar-refractivity contribution is 0.415. The number of rotatable bonds is 11. The van der Waals surface area contributed by atoms with E-state index < -0.39 is 20.6 Å². The number of anilines is 4. The van der Waals surface area contributed by atoms with Crippen LogP contribution in [-0.2, 0) is 27.2 Å². The Morgan fingerprint density at radius 1 is 0.583 bits per heavy atom. The molecule has 0 aliphatic rings. The minimum absolute atomic E-state index is 0.348. The van der Waals surface area contributed by atoms with E-state index in [0.717, 1.165) is 30.8 Å². The van der Waals surface area contributed by atoms with E-state index in [1.165, 1.54) is 44.9 Å². The molecule has 0 saturated carbocycles. The molecule has 0 atom stereocenters. The minimum atomic E-state index is -2.68. The highest BCUT2D eigenvalue weighted by molar-refractivity contribution is 7.91. The highest BCUT2D eigenvalue weighted by Crippen LogP contribution is 2.25. The molecule has 0 unspecified atom stereocenters. The number of ether oxygens (including phenoxy) is 1. The molecular formula is C50H76N4O4S2. The number of methoxy groups -OCH3 is 1. The van der Waals surface area contributed by atoms with Crippen molar-refractivity contribution in [2.24, 2.45) is 0 Å². The van der Waals surface area contributed by atoms with Crippen molar-refractivity contribution in [2.75, 3.05) is 93.4 Å². The average molecular weight is 861 g/mol. The molecule has 5 rings (SSSR count). The SMILES string of the molecule is CCCS(=O)(=O)CCC.COc1ccccc1N(C)C.CS(C)=O.Cc1ccc(C)c(N(C)C)c1.Cc1ccc(N(C)C)cc1.Cc1cccc(NCc2ccccc2)c1. The molecule has 0 spiro atoms. The maximum atomic E-state index is 10.8. The third-order valence-electron chi connectivity index (χ3n) is 8.35. The molecule has 0 aromatic heterocycles. The molecule has 8 nitrogen and oxygen atoms in total. The predicted octanol–water partition coefficient (Wildman–Crippen LogP) is 11.0. The van der Waals surface area contributed by atoms with Crippen LogP contribution in [0.25, 0.3) is 0 Å². The van der Waals surface area contributed by atoms with Gasteiger partial charge in [-0.05, 0) is 105 Å². The number of benzene rings is 5. The van der Waals surface area contributed by atoms with E-state index in [9.17, 15) is 12.6 Å². The minimum Gasteiger partial charge on any atom is -0.495 e. The van der Waals surface area contributed by atoms with E-state index in [-0.39, 0.29) is 0 Å². The predicted molar refractivity (Wildman–Crippen MR) is 267 cm³/mol. The van der Waals surface area contributed by atoms with E-state index in [1.54, 1.807) is 19.6 Å². The van der Waals surface area contributed by atoms with Crippen molar-refractivity contribution in [1.82, 2.24) is 0 Å². The molecular weight excluding hydrogens is 785 g/mol. The number of hydrogen-bond acceptors (Lipinski definition) is 8. The van der Waals surface area contributed by atoms with Gasteiger partial charge >= 0.3 is 0 Å². The first-order chi connectivity index (χ1) is 28.3. The van der Waals surface area contributed by atoms with E-state index in [4.69, 9.17) is 4.74 Å². The molecule has 5 aromatic rings. The summed E-state index contributed by atoms with van der Waals surface area (Å²) in [6.07, 6.45) is 4.75. The van der Waals surface area contributed by atoms with E-state index >= 15 is 0 Å². The molecule has 0 amide bonds. The van der Waals surface area contributed by atoms with Crippen LogP contribution in [0.2, 0.25) is 0 Å². The van der Waals surface area contributed by atoms with Crippen molar-refractivity contribution in [3.05, 3.63) is 149 Å². The maximum absolute atomic E-state index is 10.8. The van der Waals surface area contributed by atoms with E-state index in [0.29, 0.717) is 11.5 Å². The third kappa shape index (κ3) is 26.3. The van der Waals surface area contributed by atoms with Crippen LogP contribution < -0.4 is 24.8 Å². The lowest BCUT2D eigenvalue weighted by Crippen LogP contribution is -2.10. The average Bonchev–Trinajstić information content (AvgIpc) is 3.19. The summed E-state index contributed by atoms with van der Waals surface area (Å²) in [5.41, 5.74) is 11.4. The summed E-state index contributed by atoms with van der Waals surface area (Å²) in [5, 5.41) is 3.40. The molecule has 5 aromatic carbocycles. The van der Waals surface area contributed by atoms with Gasteiger partial charge in [0, 0.05) is 101 Å². The number of sulfone groups is 1. The first-order valence-electron chi connectivity index (χ1n) is 20.4. The van der Waals surface area contributed by atoms with E-state index in [1.807, 2.05) is 77.3 Å². The highest BCUT2D eigenvalue weighted by atomic mass is 32.2. The quantitative estimate of drug-likeness (QED) is 0.141. The Labute approximate surface area is 368 Å². The van der Waals surface area contributed by atoms with Gasteiger partial charge in [0.05, 0.1) is 12.8 Å². The Hall–Kier alpha value is -4.80. The number of aryl methyl sites for hydroxylation is 4. The zero-order chi connectivity index (χ0) is 45.7. The van der Waals surface area contributed by atoms with Crippen molar-refractivity contribution in [2.45, 2.75) is 60.9 Å². The molecule has 0 heterocycles. The van der Waals surface area contributed by atoms with Gasteiger partial charge in [0.15, 0.2) is 0 Å². The second-order valence-corrected chi connectivity index (χ2v) is 18.9. The zero-order valence-electron chi connectivity index (χ0n) is 39.4. The van der Waals surface area contributed by atoms with Crippen LogP contribution in [0.15, 0.2) is 121 Å². The molecule has 0 radical (unpaired) electrons. The van der Waals surface area contributed by atoms with Gasteiger partial charge < -0.3 is 24.8 Å². The lowest BCUT2D eigenvalue weighted by Gasteiger charge is -2.15. The van der Waals surface area contributed by atoms with E-state index in [2.05, 4.69) is 148 Å². The van der Waals surface area contributed by atoms with Crippen LogP contribution in [0.5, 0.6) is 5.75 Å². The lowest BCUT2D eigenvalue weighted by atomic mass is 10.1. The van der Waals surface area contributed by atoms with Gasteiger partial charge in [-0.1, -0.05) is 98.3 Å². The number of hydrogen-bond donors (Lipinski definition) is 1. The summed E-state index contributed by atoms with van der Waals surface area (Å²) in [4.78, 5) is 6.26. The molecule has 10 heteroatoms. The van der Waals surface area contributed by atoms with Gasteiger partial charge in [-0.15, -0.1) is 0 Å². The van der Waals surface area contributed by atoms with Crippen LogP contribution >= 0.6 is 0 Å². The number of nitrogens with zero attached hydrogens (tertiary/aromatic N) is 3. The molecule has 0 aliphatic heterocycles. The largest absolute Gasteiger partial charge is 0.495 e.